The molecule has 2 atom stereocenters. The van der Waals surface area contributed by atoms with E-state index in [-0.39, 0.29) is 32.0 Å². The van der Waals surface area contributed by atoms with Crippen LogP contribution in [0.25, 0.3) is 0 Å². The number of hydrogen-bond donors (Lipinski definition) is 2. The third kappa shape index (κ3) is 40.2. The van der Waals surface area contributed by atoms with E-state index in [1.807, 2.05) is 0 Å². The summed E-state index contributed by atoms with van der Waals surface area (Å²) >= 11 is 0. The minimum Gasteiger partial charge on any atom is -0.462 e. The Balaban J connectivity index is 4.18. The molecule has 2 unspecified atom stereocenters. The molecule has 0 fully saturated rings. The first-order chi connectivity index (χ1) is 26.3. The molecule has 0 saturated carbocycles. The van der Waals surface area contributed by atoms with Crippen LogP contribution in [0.2, 0.25) is 0 Å². The second-order valence-corrected chi connectivity index (χ2v) is 16.3. The Hall–Kier alpha value is -1.51. The molecule has 0 aromatic rings. The predicted octanol–water partition coefficient (Wildman–Crippen LogP) is 12.6. The molecule has 0 aliphatic carbocycles. The molecule has 318 valence electrons. The average molecular weight is 786 g/mol. The first kappa shape index (κ1) is 52.5. The van der Waals surface area contributed by atoms with Gasteiger partial charge in [-0.25, -0.2) is 4.57 Å². The van der Waals surface area contributed by atoms with Crippen LogP contribution in [0.4, 0.5) is 0 Å². The maximum Gasteiger partial charge on any atom is 0.472 e. The minimum absolute atomic E-state index is 0.0173. The van der Waals surface area contributed by atoms with Crippen LogP contribution < -0.4 is 5.32 Å². The van der Waals surface area contributed by atoms with Crippen molar-refractivity contribution in [1.29, 1.82) is 0 Å². The molecular formula is C44H84NO8P. The van der Waals surface area contributed by atoms with E-state index in [1.165, 1.54) is 116 Å². The van der Waals surface area contributed by atoms with Crippen molar-refractivity contribution in [2.24, 2.45) is 0 Å². The van der Waals surface area contributed by atoms with Gasteiger partial charge in [0, 0.05) is 19.4 Å². The molecule has 9 nitrogen and oxygen atoms in total. The molecule has 0 aliphatic rings. The van der Waals surface area contributed by atoms with Gasteiger partial charge in [0.15, 0.2) is 6.10 Å². The number of phosphoric acid groups is 1. The second kappa shape index (κ2) is 41.1. The van der Waals surface area contributed by atoms with Gasteiger partial charge < -0.3 is 19.7 Å². The lowest BCUT2D eigenvalue weighted by atomic mass is 10.1. The van der Waals surface area contributed by atoms with E-state index in [2.05, 4.69) is 43.5 Å². The van der Waals surface area contributed by atoms with Crippen LogP contribution in [0.5, 0.6) is 0 Å². The standard InChI is InChI=1S/C44H84NO8P/c1-4-6-8-10-12-14-16-18-19-20-21-22-23-25-27-29-31-33-35-37-44(47)53-42(41-52-54(48,49)51-39-38-45-3)40-50-43(46)36-34-32-30-28-26-24-17-15-13-11-9-7-5-2/h15,17-19,42,45H,4-14,16,20-41H2,1-3H3,(H,48,49)/b17-15-,19-18-. The highest BCUT2D eigenvalue weighted by Crippen LogP contribution is 2.43. The van der Waals surface area contributed by atoms with E-state index in [9.17, 15) is 19.0 Å². The van der Waals surface area contributed by atoms with Gasteiger partial charge in [0.05, 0.1) is 13.2 Å². The quantitative estimate of drug-likeness (QED) is 0.0270. The van der Waals surface area contributed by atoms with Gasteiger partial charge in [0.25, 0.3) is 0 Å². The molecule has 0 aromatic heterocycles. The van der Waals surface area contributed by atoms with Gasteiger partial charge in [-0.05, 0) is 71.3 Å². The van der Waals surface area contributed by atoms with Crippen molar-refractivity contribution >= 4 is 19.8 Å². The molecule has 0 amide bonds. The molecule has 0 spiro atoms. The smallest absolute Gasteiger partial charge is 0.462 e. The zero-order valence-corrected chi connectivity index (χ0v) is 36.1. The summed E-state index contributed by atoms with van der Waals surface area (Å²) in [5.41, 5.74) is 0. The molecule has 0 saturated heterocycles. The molecule has 0 rings (SSSR count). The number of unbranched alkanes of at least 4 members (excludes halogenated alkanes) is 24. The number of likely N-dealkylation sites (N-methyl/N-ethyl adjacent to an activating group) is 1. The maximum absolute atomic E-state index is 12.6. The van der Waals surface area contributed by atoms with Crippen LogP contribution in [0.1, 0.15) is 206 Å². The molecule has 0 heterocycles. The molecular weight excluding hydrogens is 701 g/mol. The van der Waals surface area contributed by atoms with E-state index in [4.69, 9.17) is 18.5 Å². The van der Waals surface area contributed by atoms with Gasteiger partial charge in [-0.2, -0.15) is 0 Å². The third-order valence-electron chi connectivity index (χ3n) is 9.54. The van der Waals surface area contributed by atoms with Crippen molar-refractivity contribution in [3.05, 3.63) is 24.3 Å². The molecule has 54 heavy (non-hydrogen) atoms. The Morgan fingerprint density at radius 2 is 0.944 bits per heavy atom. The normalized spacial score (nSPS) is 13.5. The Kier molecular flexibility index (Phi) is 40.0. The lowest BCUT2D eigenvalue weighted by molar-refractivity contribution is -0.161. The van der Waals surface area contributed by atoms with Gasteiger partial charge >= 0.3 is 19.8 Å². The lowest BCUT2D eigenvalue weighted by Crippen LogP contribution is -2.29. The van der Waals surface area contributed by atoms with Crippen LogP contribution in [0.3, 0.4) is 0 Å². The number of carbonyl (C=O) groups excluding carboxylic acids is 2. The van der Waals surface area contributed by atoms with Crippen molar-refractivity contribution < 1.29 is 37.6 Å². The van der Waals surface area contributed by atoms with Crippen LogP contribution in [0.15, 0.2) is 24.3 Å². The van der Waals surface area contributed by atoms with E-state index in [0.717, 1.165) is 57.8 Å². The SMILES string of the molecule is CCCCCC/C=C\CCCCCCCC(=O)OCC(COP(=O)(O)OCCNC)OC(=O)CCCCCCCCCCC/C=C\CCCCCCCC. The molecule has 0 radical (unpaired) electrons. The highest BCUT2D eigenvalue weighted by atomic mass is 31.2. The number of esters is 2. The highest BCUT2D eigenvalue weighted by molar-refractivity contribution is 7.47. The number of allylic oxidation sites excluding steroid dienone is 4. The minimum atomic E-state index is -4.35. The van der Waals surface area contributed by atoms with Gasteiger partial charge in [-0.15, -0.1) is 0 Å². The van der Waals surface area contributed by atoms with Gasteiger partial charge in [-0.1, -0.05) is 154 Å². The third-order valence-corrected chi connectivity index (χ3v) is 10.5. The van der Waals surface area contributed by atoms with Crippen molar-refractivity contribution in [1.82, 2.24) is 5.32 Å². The zero-order valence-electron chi connectivity index (χ0n) is 35.2. The Morgan fingerprint density at radius 3 is 1.39 bits per heavy atom. The van der Waals surface area contributed by atoms with Gasteiger partial charge in [0.2, 0.25) is 0 Å². The molecule has 2 N–H and O–H groups in total. The topological polar surface area (TPSA) is 120 Å². The first-order valence-corrected chi connectivity index (χ1v) is 23.8. The van der Waals surface area contributed by atoms with Crippen molar-refractivity contribution in [2.75, 3.05) is 33.4 Å². The maximum atomic E-state index is 12.6. The Labute approximate surface area is 332 Å². The number of rotatable bonds is 42. The molecule has 10 heteroatoms. The Morgan fingerprint density at radius 1 is 0.556 bits per heavy atom. The number of hydrogen-bond acceptors (Lipinski definition) is 8. The fourth-order valence-corrected chi connectivity index (χ4v) is 6.88. The fraction of sp³-hybridized carbons (Fsp3) is 0.864. The number of nitrogens with one attached hydrogen (secondary N) is 1. The fourth-order valence-electron chi connectivity index (χ4n) is 6.13. The number of phosphoric ester groups is 1. The van der Waals surface area contributed by atoms with Crippen LogP contribution in [-0.4, -0.2) is 56.3 Å². The van der Waals surface area contributed by atoms with Crippen molar-refractivity contribution in [3.8, 4) is 0 Å². The van der Waals surface area contributed by atoms with Gasteiger partial charge in [0.1, 0.15) is 6.61 Å². The largest absolute Gasteiger partial charge is 0.472 e. The van der Waals surface area contributed by atoms with Crippen molar-refractivity contribution in [3.63, 3.8) is 0 Å². The summed E-state index contributed by atoms with van der Waals surface area (Å²) in [6.07, 6.45) is 42.2. The lowest BCUT2D eigenvalue weighted by Gasteiger charge is -2.20. The molecule has 0 aliphatic heterocycles. The first-order valence-electron chi connectivity index (χ1n) is 22.3. The molecule has 0 bridgehead atoms. The summed E-state index contributed by atoms with van der Waals surface area (Å²) in [6, 6.07) is 0. The summed E-state index contributed by atoms with van der Waals surface area (Å²) in [4.78, 5) is 35.0. The van der Waals surface area contributed by atoms with E-state index in [0.29, 0.717) is 13.0 Å². The van der Waals surface area contributed by atoms with E-state index >= 15 is 0 Å². The monoisotopic (exact) mass is 786 g/mol. The van der Waals surface area contributed by atoms with Gasteiger partial charge in [-0.3, -0.25) is 18.6 Å². The number of ether oxygens (including phenoxy) is 2. The zero-order chi connectivity index (χ0) is 39.6. The van der Waals surface area contributed by atoms with E-state index < -0.39 is 26.5 Å². The van der Waals surface area contributed by atoms with E-state index in [1.54, 1.807) is 7.05 Å². The van der Waals surface area contributed by atoms with Crippen molar-refractivity contribution in [2.45, 2.75) is 213 Å². The summed E-state index contributed by atoms with van der Waals surface area (Å²) < 4.78 is 33.2. The predicted molar refractivity (Wildman–Crippen MR) is 225 cm³/mol. The average Bonchev–Trinajstić information content (AvgIpc) is 3.15. The summed E-state index contributed by atoms with van der Waals surface area (Å²) in [5.74, 6) is -0.814. The second-order valence-electron chi connectivity index (χ2n) is 14.9. The summed E-state index contributed by atoms with van der Waals surface area (Å²) in [6.45, 7) is 4.21. The highest BCUT2D eigenvalue weighted by Gasteiger charge is 2.26. The number of carbonyl (C=O) groups is 2. The Bertz CT molecular complexity index is 944. The van der Waals surface area contributed by atoms with Crippen LogP contribution in [-0.2, 0) is 32.7 Å². The van der Waals surface area contributed by atoms with Crippen LogP contribution >= 0.6 is 7.82 Å². The summed E-state index contributed by atoms with van der Waals surface area (Å²) in [7, 11) is -2.65. The summed E-state index contributed by atoms with van der Waals surface area (Å²) in [5, 5.41) is 2.82. The molecule has 0 aromatic carbocycles. The van der Waals surface area contributed by atoms with Crippen LogP contribution in [0, 0.1) is 0 Å².